The lowest BCUT2D eigenvalue weighted by molar-refractivity contribution is -0.118. The molecule has 0 bridgehead atoms. The number of hydrogen-bond acceptors (Lipinski definition) is 5. The highest BCUT2D eigenvalue weighted by molar-refractivity contribution is 7.99. The SMILES string of the molecule is COc1ccc(CNC(=O)CSc2nc3ccccc3nc2Cc2ccc(C)cc2)cc1. The van der Waals surface area contributed by atoms with Crippen LogP contribution < -0.4 is 10.1 Å². The van der Waals surface area contributed by atoms with Gasteiger partial charge in [0.25, 0.3) is 0 Å². The summed E-state index contributed by atoms with van der Waals surface area (Å²) in [7, 11) is 1.64. The van der Waals surface area contributed by atoms with Gasteiger partial charge in [-0.25, -0.2) is 9.97 Å². The molecular weight excluding hydrogens is 418 g/mol. The lowest BCUT2D eigenvalue weighted by Gasteiger charge is -2.11. The van der Waals surface area contributed by atoms with Crippen molar-refractivity contribution in [2.75, 3.05) is 12.9 Å². The molecular formula is C26H25N3O2S. The number of para-hydroxylation sites is 2. The van der Waals surface area contributed by atoms with Crippen molar-refractivity contribution in [2.24, 2.45) is 0 Å². The van der Waals surface area contributed by atoms with Gasteiger partial charge in [-0.15, -0.1) is 0 Å². The summed E-state index contributed by atoms with van der Waals surface area (Å²) in [5.74, 6) is 1.04. The average Bonchev–Trinajstić information content (AvgIpc) is 2.83. The third-order valence-corrected chi connectivity index (χ3v) is 6.09. The van der Waals surface area contributed by atoms with E-state index in [1.807, 2.05) is 48.5 Å². The van der Waals surface area contributed by atoms with Crippen LogP contribution in [-0.2, 0) is 17.8 Å². The zero-order valence-electron chi connectivity index (χ0n) is 18.2. The van der Waals surface area contributed by atoms with E-state index in [1.54, 1.807) is 7.11 Å². The molecule has 0 saturated heterocycles. The van der Waals surface area contributed by atoms with Crippen LogP contribution in [0.15, 0.2) is 77.8 Å². The monoisotopic (exact) mass is 443 g/mol. The third-order valence-electron chi connectivity index (χ3n) is 5.09. The number of carbonyl (C=O) groups is 1. The molecule has 1 amide bonds. The molecule has 1 aromatic heterocycles. The molecule has 0 fully saturated rings. The normalized spacial score (nSPS) is 10.8. The summed E-state index contributed by atoms with van der Waals surface area (Å²) in [4.78, 5) is 22.1. The molecule has 0 spiro atoms. The number of thioether (sulfide) groups is 1. The number of hydrogen-bond donors (Lipinski definition) is 1. The van der Waals surface area contributed by atoms with E-state index in [0.717, 1.165) is 33.1 Å². The van der Waals surface area contributed by atoms with Crippen LogP contribution in [0.5, 0.6) is 5.75 Å². The first-order chi connectivity index (χ1) is 15.6. The van der Waals surface area contributed by atoms with Crippen LogP contribution in [0.4, 0.5) is 0 Å². The summed E-state index contributed by atoms with van der Waals surface area (Å²) in [5, 5.41) is 3.77. The van der Waals surface area contributed by atoms with E-state index in [9.17, 15) is 4.79 Å². The van der Waals surface area contributed by atoms with Crippen LogP contribution in [0.2, 0.25) is 0 Å². The van der Waals surface area contributed by atoms with Crippen molar-refractivity contribution in [3.05, 3.63) is 95.2 Å². The van der Waals surface area contributed by atoms with E-state index in [2.05, 4.69) is 36.5 Å². The summed E-state index contributed by atoms with van der Waals surface area (Å²) in [6, 6.07) is 23.9. The fraction of sp³-hybridized carbons (Fsp3) is 0.192. The van der Waals surface area contributed by atoms with Gasteiger partial charge in [-0.3, -0.25) is 4.79 Å². The Morgan fingerprint density at radius 2 is 1.56 bits per heavy atom. The Morgan fingerprint density at radius 3 is 2.25 bits per heavy atom. The quantitative estimate of drug-likeness (QED) is 0.391. The molecule has 0 aliphatic heterocycles. The van der Waals surface area contributed by atoms with Gasteiger partial charge in [0.05, 0.1) is 29.6 Å². The first kappa shape index (κ1) is 21.8. The molecule has 0 unspecified atom stereocenters. The number of fused-ring (bicyclic) bond motifs is 1. The minimum Gasteiger partial charge on any atom is -0.497 e. The van der Waals surface area contributed by atoms with Gasteiger partial charge in [-0.1, -0.05) is 65.9 Å². The van der Waals surface area contributed by atoms with Gasteiger partial charge >= 0.3 is 0 Å². The van der Waals surface area contributed by atoms with E-state index in [-0.39, 0.29) is 11.7 Å². The lowest BCUT2D eigenvalue weighted by atomic mass is 10.1. The topological polar surface area (TPSA) is 64.1 Å². The maximum atomic E-state index is 12.5. The Kier molecular flexibility index (Phi) is 7.02. The van der Waals surface area contributed by atoms with E-state index in [4.69, 9.17) is 14.7 Å². The van der Waals surface area contributed by atoms with Gasteiger partial charge in [0, 0.05) is 13.0 Å². The Balaban J connectivity index is 1.45. The molecule has 0 radical (unpaired) electrons. The van der Waals surface area contributed by atoms with Crippen LogP contribution in [0.1, 0.15) is 22.4 Å². The van der Waals surface area contributed by atoms with Crippen molar-refractivity contribution < 1.29 is 9.53 Å². The number of nitrogens with one attached hydrogen (secondary N) is 1. The summed E-state index contributed by atoms with van der Waals surface area (Å²) >= 11 is 1.43. The number of methoxy groups -OCH3 is 1. The van der Waals surface area contributed by atoms with Crippen LogP contribution in [0.25, 0.3) is 11.0 Å². The Morgan fingerprint density at radius 1 is 0.906 bits per heavy atom. The predicted molar refractivity (Wildman–Crippen MR) is 129 cm³/mol. The maximum Gasteiger partial charge on any atom is 0.230 e. The van der Waals surface area contributed by atoms with Gasteiger partial charge in [-0.05, 0) is 42.3 Å². The largest absolute Gasteiger partial charge is 0.497 e. The minimum absolute atomic E-state index is 0.0398. The van der Waals surface area contributed by atoms with Crippen LogP contribution in [0.3, 0.4) is 0 Å². The van der Waals surface area contributed by atoms with Crippen molar-refractivity contribution in [1.82, 2.24) is 15.3 Å². The van der Waals surface area contributed by atoms with Crippen molar-refractivity contribution in [2.45, 2.75) is 24.9 Å². The van der Waals surface area contributed by atoms with Crippen molar-refractivity contribution >= 4 is 28.7 Å². The predicted octanol–water partition coefficient (Wildman–Crippen LogP) is 4.95. The number of amides is 1. The summed E-state index contributed by atoms with van der Waals surface area (Å²) in [6.45, 7) is 2.55. The zero-order chi connectivity index (χ0) is 22.3. The molecule has 3 aromatic carbocycles. The number of rotatable bonds is 8. The van der Waals surface area contributed by atoms with Crippen molar-refractivity contribution in [3.8, 4) is 5.75 Å². The average molecular weight is 444 g/mol. The molecule has 0 aliphatic carbocycles. The number of carbonyl (C=O) groups excluding carboxylic acids is 1. The lowest BCUT2D eigenvalue weighted by Crippen LogP contribution is -2.24. The molecule has 1 N–H and O–H groups in total. The molecule has 6 heteroatoms. The highest BCUT2D eigenvalue weighted by Crippen LogP contribution is 2.25. The molecule has 1 heterocycles. The van der Waals surface area contributed by atoms with E-state index in [1.165, 1.54) is 22.9 Å². The van der Waals surface area contributed by atoms with Crippen molar-refractivity contribution in [1.29, 1.82) is 0 Å². The van der Waals surface area contributed by atoms with Gasteiger partial charge < -0.3 is 10.1 Å². The molecule has 0 atom stereocenters. The second-order valence-corrected chi connectivity index (χ2v) is 8.50. The van der Waals surface area contributed by atoms with E-state index < -0.39 is 0 Å². The third kappa shape index (κ3) is 5.65. The number of aromatic nitrogens is 2. The Bertz CT molecular complexity index is 1210. The first-order valence-electron chi connectivity index (χ1n) is 10.4. The van der Waals surface area contributed by atoms with Crippen LogP contribution in [0, 0.1) is 6.92 Å². The molecule has 0 aliphatic rings. The van der Waals surface area contributed by atoms with Gasteiger partial charge in [-0.2, -0.15) is 0 Å². The van der Waals surface area contributed by atoms with Crippen LogP contribution >= 0.6 is 11.8 Å². The summed E-state index contributed by atoms with van der Waals surface area (Å²) < 4.78 is 5.17. The first-order valence-corrected chi connectivity index (χ1v) is 11.4. The number of nitrogens with zero attached hydrogens (tertiary/aromatic N) is 2. The van der Waals surface area contributed by atoms with E-state index >= 15 is 0 Å². The Hall–Kier alpha value is -3.38. The second-order valence-electron chi connectivity index (χ2n) is 7.54. The molecule has 32 heavy (non-hydrogen) atoms. The standard InChI is InChI=1S/C26H25N3O2S/c1-18-7-9-19(10-8-18)15-24-26(29-23-6-4-3-5-22(23)28-24)32-17-25(30)27-16-20-11-13-21(31-2)14-12-20/h3-14H,15-17H2,1-2H3,(H,27,30). The summed E-state index contributed by atoms with van der Waals surface area (Å²) in [5.41, 5.74) is 6.01. The molecule has 5 nitrogen and oxygen atoms in total. The Labute approximate surface area is 192 Å². The zero-order valence-corrected chi connectivity index (χ0v) is 19.0. The maximum absolute atomic E-state index is 12.5. The fourth-order valence-electron chi connectivity index (χ4n) is 3.28. The van der Waals surface area contributed by atoms with Gasteiger partial charge in [0.1, 0.15) is 10.8 Å². The van der Waals surface area contributed by atoms with Gasteiger partial charge in [0.2, 0.25) is 5.91 Å². The summed E-state index contributed by atoms with van der Waals surface area (Å²) in [6.07, 6.45) is 0.675. The van der Waals surface area contributed by atoms with Crippen LogP contribution in [-0.4, -0.2) is 28.7 Å². The fourth-order valence-corrected chi connectivity index (χ4v) is 4.10. The number of ether oxygens (including phenoxy) is 1. The minimum atomic E-state index is -0.0398. The molecule has 162 valence electrons. The smallest absolute Gasteiger partial charge is 0.230 e. The second kappa shape index (κ2) is 10.3. The molecule has 4 aromatic rings. The molecule has 4 rings (SSSR count). The molecule has 0 saturated carbocycles. The number of benzene rings is 3. The van der Waals surface area contributed by atoms with Crippen molar-refractivity contribution in [3.63, 3.8) is 0 Å². The highest BCUT2D eigenvalue weighted by atomic mass is 32.2. The highest BCUT2D eigenvalue weighted by Gasteiger charge is 2.13. The van der Waals surface area contributed by atoms with E-state index in [0.29, 0.717) is 13.0 Å². The number of aryl methyl sites for hydroxylation is 1. The van der Waals surface area contributed by atoms with Gasteiger partial charge in [0.15, 0.2) is 0 Å².